The second kappa shape index (κ2) is 7.46. The second-order valence-electron chi connectivity index (χ2n) is 7.78. The van der Waals surface area contributed by atoms with Crippen molar-refractivity contribution in [2.75, 3.05) is 12.4 Å². The third kappa shape index (κ3) is 3.84. The molecule has 0 aromatic carbocycles. The summed E-state index contributed by atoms with van der Waals surface area (Å²) in [7, 11) is 1.47. The van der Waals surface area contributed by atoms with Gasteiger partial charge >= 0.3 is 0 Å². The lowest BCUT2D eigenvalue weighted by atomic mass is 9.89. The number of aromatic nitrogens is 4. The smallest absolute Gasteiger partial charge is 0.242 e. The van der Waals surface area contributed by atoms with Crippen LogP contribution in [0.2, 0.25) is 0 Å². The van der Waals surface area contributed by atoms with E-state index in [2.05, 4.69) is 20.6 Å². The molecule has 4 rings (SSSR count). The molecule has 2 fully saturated rings. The Morgan fingerprint density at radius 1 is 1.36 bits per heavy atom. The van der Waals surface area contributed by atoms with Gasteiger partial charge in [0.15, 0.2) is 5.82 Å². The normalized spacial score (nSPS) is 18.8. The Bertz CT molecular complexity index is 852. The molecular formula is C19H25FN6O2. The third-order valence-corrected chi connectivity index (χ3v) is 5.70. The van der Waals surface area contributed by atoms with Crippen molar-refractivity contribution in [2.45, 2.75) is 44.7 Å². The van der Waals surface area contributed by atoms with Crippen molar-refractivity contribution in [3.05, 3.63) is 29.8 Å². The zero-order chi connectivity index (χ0) is 19.8. The summed E-state index contributed by atoms with van der Waals surface area (Å²) < 4.78 is 20.3. The Morgan fingerprint density at radius 3 is 2.64 bits per heavy atom. The van der Waals surface area contributed by atoms with Crippen LogP contribution >= 0.6 is 0 Å². The summed E-state index contributed by atoms with van der Waals surface area (Å²) in [5.41, 5.74) is 6.80. The molecule has 0 bridgehead atoms. The Labute approximate surface area is 162 Å². The summed E-state index contributed by atoms with van der Waals surface area (Å²) in [6.45, 7) is 1.82. The summed E-state index contributed by atoms with van der Waals surface area (Å²) in [6.07, 6.45) is 7.36. The van der Waals surface area contributed by atoms with Crippen LogP contribution in [0.25, 0.3) is 0 Å². The lowest BCUT2D eigenvalue weighted by Crippen LogP contribution is -2.43. The number of hydrogen-bond donors (Lipinski definition) is 2. The fraction of sp³-hybridized carbons (Fsp3) is 0.579. The number of carbonyl (C=O) groups excluding carboxylic acids is 1. The molecule has 2 aliphatic rings. The molecule has 9 heteroatoms. The van der Waals surface area contributed by atoms with E-state index in [1.807, 2.05) is 6.92 Å². The molecule has 8 nitrogen and oxygen atoms in total. The van der Waals surface area contributed by atoms with E-state index < -0.39 is 11.9 Å². The van der Waals surface area contributed by atoms with Gasteiger partial charge in [-0.25, -0.2) is 14.1 Å². The van der Waals surface area contributed by atoms with Crippen LogP contribution in [-0.2, 0) is 4.79 Å². The van der Waals surface area contributed by atoms with Gasteiger partial charge in [0.2, 0.25) is 11.8 Å². The van der Waals surface area contributed by atoms with E-state index in [1.54, 1.807) is 6.20 Å². The van der Waals surface area contributed by atoms with Crippen molar-refractivity contribution in [1.29, 1.82) is 0 Å². The average molecular weight is 388 g/mol. The van der Waals surface area contributed by atoms with Crippen LogP contribution in [0, 0.1) is 23.6 Å². The zero-order valence-corrected chi connectivity index (χ0v) is 16.0. The highest BCUT2D eigenvalue weighted by Gasteiger charge is 2.46. The highest BCUT2D eigenvalue weighted by molar-refractivity contribution is 5.94. The maximum absolute atomic E-state index is 13.6. The minimum atomic E-state index is -0.532. The van der Waals surface area contributed by atoms with Crippen LogP contribution in [0.3, 0.4) is 0 Å². The molecule has 2 atom stereocenters. The van der Waals surface area contributed by atoms with Crippen LogP contribution in [0.1, 0.15) is 44.2 Å². The van der Waals surface area contributed by atoms with Gasteiger partial charge in [0.05, 0.1) is 31.6 Å². The van der Waals surface area contributed by atoms with E-state index in [9.17, 15) is 9.18 Å². The SMILES string of the molecule is COc1ncc(F)cc1C(C)n1cc(NC(=O)[C@@H](N)C(C2CC2)C2CC2)nn1. The van der Waals surface area contributed by atoms with E-state index in [0.717, 1.165) is 6.20 Å². The quantitative estimate of drug-likeness (QED) is 0.717. The summed E-state index contributed by atoms with van der Waals surface area (Å²) >= 11 is 0. The van der Waals surface area contributed by atoms with E-state index in [4.69, 9.17) is 10.5 Å². The van der Waals surface area contributed by atoms with E-state index in [-0.39, 0.29) is 17.9 Å². The number of nitrogens with two attached hydrogens (primary N) is 1. The van der Waals surface area contributed by atoms with Crippen molar-refractivity contribution in [3.63, 3.8) is 0 Å². The van der Waals surface area contributed by atoms with Gasteiger partial charge < -0.3 is 15.8 Å². The number of carbonyl (C=O) groups is 1. The monoisotopic (exact) mass is 388 g/mol. The van der Waals surface area contributed by atoms with Crippen LogP contribution in [-0.4, -0.2) is 39.0 Å². The number of nitrogens with zero attached hydrogens (tertiary/aromatic N) is 4. The molecule has 1 unspecified atom stereocenters. The Morgan fingerprint density at radius 2 is 2.04 bits per heavy atom. The Hall–Kier alpha value is -2.55. The third-order valence-electron chi connectivity index (χ3n) is 5.70. The zero-order valence-electron chi connectivity index (χ0n) is 16.0. The molecule has 28 heavy (non-hydrogen) atoms. The average Bonchev–Trinajstić information content (AvgIpc) is 3.62. The number of rotatable bonds is 8. The standard InChI is InChI=1S/C19H25FN6O2/c1-10(14-7-13(20)8-22-19(14)28-2)26-9-15(24-25-26)23-18(27)17(21)16(11-3-4-11)12-5-6-12/h7-12,16-17H,3-6,21H2,1-2H3,(H,23,27)/t10?,17-/m0/s1. The molecule has 1 amide bonds. The topological polar surface area (TPSA) is 108 Å². The summed E-state index contributed by atoms with van der Waals surface area (Å²) in [5.74, 6) is 1.36. The molecule has 0 radical (unpaired) electrons. The fourth-order valence-electron chi connectivity index (χ4n) is 3.90. The molecular weight excluding hydrogens is 363 g/mol. The van der Waals surface area contributed by atoms with E-state index >= 15 is 0 Å². The van der Waals surface area contributed by atoms with E-state index in [1.165, 1.54) is 43.5 Å². The Balaban J connectivity index is 1.45. The fourth-order valence-corrected chi connectivity index (χ4v) is 3.90. The molecule has 0 saturated heterocycles. The number of halogens is 1. The number of methoxy groups -OCH3 is 1. The minimum absolute atomic E-state index is 0.228. The highest BCUT2D eigenvalue weighted by Crippen LogP contribution is 2.50. The highest BCUT2D eigenvalue weighted by atomic mass is 19.1. The molecule has 2 aliphatic carbocycles. The van der Waals surface area contributed by atoms with Crippen LogP contribution in [0.4, 0.5) is 10.2 Å². The lowest BCUT2D eigenvalue weighted by molar-refractivity contribution is -0.118. The molecule has 2 heterocycles. The number of pyridine rings is 1. The maximum atomic E-state index is 13.6. The number of amides is 1. The molecule has 0 aliphatic heterocycles. The Kier molecular flexibility index (Phi) is 5.01. The second-order valence-corrected chi connectivity index (χ2v) is 7.78. The molecule has 3 N–H and O–H groups in total. The number of hydrogen-bond acceptors (Lipinski definition) is 6. The van der Waals surface area contributed by atoms with Gasteiger partial charge in [0.25, 0.3) is 0 Å². The summed E-state index contributed by atoms with van der Waals surface area (Å²) in [5, 5.41) is 10.8. The first-order chi connectivity index (χ1) is 13.5. The summed E-state index contributed by atoms with van der Waals surface area (Å²) in [6, 6.07) is 0.438. The maximum Gasteiger partial charge on any atom is 0.242 e. The van der Waals surface area contributed by atoms with Crippen molar-refractivity contribution >= 4 is 11.7 Å². The van der Waals surface area contributed by atoms with Gasteiger partial charge in [-0.2, -0.15) is 0 Å². The summed E-state index contributed by atoms with van der Waals surface area (Å²) in [4.78, 5) is 16.6. The predicted molar refractivity (Wildman–Crippen MR) is 100 cm³/mol. The van der Waals surface area contributed by atoms with Crippen molar-refractivity contribution in [2.24, 2.45) is 23.5 Å². The lowest BCUT2D eigenvalue weighted by Gasteiger charge is -2.22. The van der Waals surface area contributed by atoms with Gasteiger partial charge in [-0.1, -0.05) is 5.21 Å². The van der Waals surface area contributed by atoms with Crippen molar-refractivity contribution in [1.82, 2.24) is 20.0 Å². The molecule has 2 saturated carbocycles. The predicted octanol–water partition coefficient (Wildman–Crippen LogP) is 2.13. The molecule has 2 aromatic heterocycles. The first-order valence-electron chi connectivity index (χ1n) is 9.65. The molecule has 150 valence electrons. The molecule has 2 aromatic rings. The number of ether oxygens (including phenoxy) is 1. The van der Waals surface area contributed by atoms with Crippen LogP contribution < -0.4 is 15.8 Å². The van der Waals surface area contributed by atoms with Gasteiger partial charge in [-0.05, 0) is 56.4 Å². The largest absolute Gasteiger partial charge is 0.481 e. The number of anilines is 1. The first kappa shape index (κ1) is 18.8. The van der Waals surface area contributed by atoms with Crippen LogP contribution in [0.5, 0.6) is 5.88 Å². The first-order valence-corrected chi connectivity index (χ1v) is 9.65. The minimum Gasteiger partial charge on any atom is -0.481 e. The van der Waals surface area contributed by atoms with Crippen molar-refractivity contribution < 1.29 is 13.9 Å². The van der Waals surface area contributed by atoms with Gasteiger partial charge in [-0.15, -0.1) is 5.10 Å². The van der Waals surface area contributed by atoms with Gasteiger partial charge in [0.1, 0.15) is 5.82 Å². The molecule has 0 spiro atoms. The van der Waals surface area contributed by atoms with Gasteiger partial charge in [0, 0.05) is 5.56 Å². The van der Waals surface area contributed by atoms with E-state index in [0.29, 0.717) is 29.1 Å². The van der Waals surface area contributed by atoms with Crippen molar-refractivity contribution in [3.8, 4) is 5.88 Å². The number of nitrogens with one attached hydrogen (secondary N) is 1. The van der Waals surface area contributed by atoms with Crippen LogP contribution in [0.15, 0.2) is 18.5 Å². The van der Waals surface area contributed by atoms with Gasteiger partial charge in [-0.3, -0.25) is 4.79 Å².